The molecule has 0 heterocycles. The Morgan fingerprint density at radius 3 is 2.69 bits per heavy atom. The van der Waals surface area contributed by atoms with Crippen LogP contribution in [0.5, 0.6) is 0 Å². The van der Waals surface area contributed by atoms with Gasteiger partial charge in [0.15, 0.2) is 0 Å². The Morgan fingerprint density at radius 1 is 1.38 bits per heavy atom. The van der Waals surface area contributed by atoms with Gasteiger partial charge in [-0.3, -0.25) is 0 Å². The minimum atomic E-state index is -0.0253. The number of hydrogen-bond donors (Lipinski definition) is 1. The smallest absolute Gasteiger partial charge is 0.121 e. The Bertz CT molecular complexity index is 250. The van der Waals surface area contributed by atoms with Gasteiger partial charge in [-0.15, -0.1) is 11.8 Å². The molecule has 0 fully saturated rings. The molecule has 0 spiro atoms. The molecule has 1 aromatic carbocycles. The first kappa shape index (κ1) is 10.3. The first-order valence-corrected chi connectivity index (χ1v) is 5.18. The first-order valence-electron chi connectivity index (χ1n) is 4.20. The van der Waals surface area contributed by atoms with Gasteiger partial charge in [0, 0.05) is 23.1 Å². The molecule has 0 aliphatic carbocycles. The monoisotopic (exact) mass is 195 g/mol. The average molecular weight is 195 g/mol. The minimum Gasteiger partial charge on any atom is -0.327 e. The van der Waals surface area contributed by atoms with E-state index in [0.29, 0.717) is 6.42 Å². The van der Waals surface area contributed by atoms with E-state index in [1.807, 2.05) is 30.3 Å². The lowest BCUT2D eigenvalue weighted by molar-refractivity contribution is -0.108. The topological polar surface area (TPSA) is 43.1 Å². The van der Waals surface area contributed by atoms with Gasteiger partial charge in [-0.05, 0) is 12.1 Å². The van der Waals surface area contributed by atoms with E-state index < -0.39 is 0 Å². The molecule has 13 heavy (non-hydrogen) atoms. The van der Waals surface area contributed by atoms with Gasteiger partial charge in [-0.25, -0.2) is 0 Å². The van der Waals surface area contributed by atoms with E-state index in [9.17, 15) is 4.79 Å². The van der Waals surface area contributed by atoms with Gasteiger partial charge in [-0.1, -0.05) is 18.2 Å². The number of aldehydes is 1. The molecule has 2 N–H and O–H groups in total. The molecule has 0 bridgehead atoms. The third kappa shape index (κ3) is 4.10. The number of rotatable bonds is 5. The molecule has 1 aromatic rings. The van der Waals surface area contributed by atoms with Gasteiger partial charge in [-0.2, -0.15) is 0 Å². The SMILES string of the molecule is N[C@H](CC=O)CSc1ccccc1. The fraction of sp³-hybridized carbons (Fsp3) is 0.300. The molecule has 0 aromatic heterocycles. The molecular formula is C10H13NOS. The van der Waals surface area contributed by atoms with Crippen LogP contribution >= 0.6 is 11.8 Å². The van der Waals surface area contributed by atoms with E-state index in [1.165, 1.54) is 4.90 Å². The van der Waals surface area contributed by atoms with E-state index in [-0.39, 0.29) is 6.04 Å². The van der Waals surface area contributed by atoms with Crippen molar-refractivity contribution in [1.29, 1.82) is 0 Å². The van der Waals surface area contributed by atoms with Gasteiger partial charge < -0.3 is 10.5 Å². The van der Waals surface area contributed by atoms with Crippen molar-refractivity contribution >= 4 is 18.0 Å². The second kappa shape index (κ2) is 5.78. The molecule has 0 saturated heterocycles. The summed E-state index contributed by atoms with van der Waals surface area (Å²) in [5.74, 6) is 0.794. The average Bonchev–Trinajstić information content (AvgIpc) is 2.17. The predicted molar refractivity (Wildman–Crippen MR) is 55.8 cm³/mol. The minimum absolute atomic E-state index is 0.0253. The Kier molecular flexibility index (Phi) is 4.57. The van der Waals surface area contributed by atoms with E-state index in [4.69, 9.17) is 5.73 Å². The van der Waals surface area contributed by atoms with Crippen molar-refractivity contribution in [2.45, 2.75) is 17.4 Å². The lowest BCUT2D eigenvalue weighted by atomic mass is 10.3. The molecule has 2 nitrogen and oxygen atoms in total. The first-order chi connectivity index (χ1) is 6.33. The standard InChI is InChI=1S/C10H13NOS/c11-9(6-7-12)8-13-10-4-2-1-3-5-10/h1-5,7,9H,6,8,11H2/t9-/m1/s1. The van der Waals surface area contributed by atoms with Gasteiger partial charge in [0.2, 0.25) is 0 Å². The lowest BCUT2D eigenvalue weighted by Crippen LogP contribution is -2.22. The van der Waals surface area contributed by atoms with Gasteiger partial charge in [0.1, 0.15) is 6.29 Å². The van der Waals surface area contributed by atoms with Gasteiger partial charge >= 0.3 is 0 Å². The summed E-state index contributed by atoms with van der Waals surface area (Å²) in [6.07, 6.45) is 1.32. The summed E-state index contributed by atoms with van der Waals surface area (Å²) in [4.78, 5) is 11.3. The zero-order chi connectivity index (χ0) is 9.52. The van der Waals surface area contributed by atoms with Gasteiger partial charge in [0.05, 0.1) is 0 Å². The number of hydrogen-bond acceptors (Lipinski definition) is 3. The second-order valence-electron chi connectivity index (χ2n) is 2.79. The summed E-state index contributed by atoms with van der Waals surface area (Å²) in [5, 5.41) is 0. The highest BCUT2D eigenvalue weighted by atomic mass is 32.2. The normalized spacial score (nSPS) is 12.4. The molecule has 3 heteroatoms. The van der Waals surface area contributed by atoms with Crippen molar-refractivity contribution in [2.75, 3.05) is 5.75 Å². The van der Waals surface area contributed by atoms with Crippen molar-refractivity contribution in [3.63, 3.8) is 0 Å². The third-order valence-corrected chi connectivity index (χ3v) is 2.81. The maximum absolute atomic E-state index is 10.1. The largest absolute Gasteiger partial charge is 0.327 e. The number of nitrogens with two attached hydrogens (primary N) is 1. The van der Waals surface area contributed by atoms with Crippen LogP contribution in [0.15, 0.2) is 35.2 Å². The van der Waals surface area contributed by atoms with E-state index in [1.54, 1.807) is 11.8 Å². The quantitative estimate of drug-likeness (QED) is 0.574. The number of carbonyl (C=O) groups is 1. The molecule has 70 valence electrons. The zero-order valence-corrected chi connectivity index (χ0v) is 8.17. The van der Waals surface area contributed by atoms with E-state index in [2.05, 4.69) is 0 Å². The van der Waals surface area contributed by atoms with Crippen LogP contribution in [0.2, 0.25) is 0 Å². The Balaban J connectivity index is 2.30. The maximum atomic E-state index is 10.1. The maximum Gasteiger partial charge on any atom is 0.121 e. The highest BCUT2D eigenvalue weighted by molar-refractivity contribution is 7.99. The van der Waals surface area contributed by atoms with Crippen LogP contribution < -0.4 is 5.73 Å². The summed E-state index contributed by atoms with van der Waals surface area (Å²) < 4.78 is 0. The van der Waals surface area contributed by atoms with Crippen LogP contribution in [0, 0.1) is 0 Å². The fourth-order valence-electron chi connectivity index (χ4n) is 0.912. The molecule has 0 aliphatic heterocycles. The summed E-state index contributed by atoms with van der Waals surface area (Å²) in [6, 6.07) is 10.0. The summed E-state index contributed by atoms with van der Waals surface area (Å²) >= 11 is 1.68. The molecule has 0 saturated carbocycles. The highest BCUT2D eigenvalue weighted by Crippen LogP contribution is 2.17. The lowest BCUT2D eigenvalue weighted by Gasteiger charge is -2.06. The van der Waals surface area contributed by atoms with Crippen LogP contribution in [0.25, 0.3) is 0 Å². The summed E-state index contributed by atoms with van der Waals surface area (Å²) in [6.45, 7) is 0. The second-order valence-corrected chi connectivity index (χ2v) is 3.88. The Morgan fingerprint density at radius 2 is 2.08 bits per heavy atom. The number of carbonyl (C=O) groups excluding carboxylic acids is 1. The van der Waals surface area contributed by atoms with Crippen molar-refractivity contribution in [1.82, 2.24) is 0 Å². The Labute approximate surface area is 82.5 Å². The molecule has 1 atom stereocenters. The molecule has 0 amide bonds. The van der Waals surface area contributed by atoms with E-state index in [0.717, 1.165) is 12.0 Å². The summed E-state index contributed by atoms with van der Waals surface area (Å²) in [5.41, 5.74) is 5.68. The van der Waals surface area contributed by atoms with Crippen molar-refractivity contribution in [2.24, 2.45) is 5.73 Å². The summed E-state index contributed by atoms with van der Waals surface area (Å²) in [7, 11) is 0. The molecule has 0 aliphatic rings. The van der Waals surface area contributed by atoms with Crippen molar-refractivity contribution < 1.29 is 4.79 Å². The van der Waals surface area contributed by atoms with Crippen LogP contribution in [0.1, 0.15) is 6.42 Å². The zero-order valence-electron chi connectivity index (χ0n) is 7.35. The van der Waals surface area contributed by atoms with Crippen LogP contribution in [0.4, 0.5) is 0 Å². The fourth-order valence-corrected chi connectivity index (χ4v) is 1.80. The predicted octanol–water partition coefficient (Wildman–Crippen LogP) is 1.69. The van der Waals surface area contributed by atoms with Gasteiger partial charge in [0.25, 0.3) is 0 Å². The van der Waals surface area contributed by atoms with Crippen LogP contribution in [0.3, 0.4) is 0 Å². The Hall–Kier alpha value is -0.800. The number of benzene rings is 1. The van der Waals surface area contributed by atoms with Crippen LogP contribution in [-0.2, 0) is 4.79 Å². The van der Waals surface area contributed by atoms with Crippen LogP contribution in [-0.4, -0.2) is 18.1 Å². The third-order valence-electron chi connectivity index (χ3n) is 1.61. The van der Waals surface area contributed by atoms with Crippen molar-refractivity contribution in [3.05, 3.63) is 30.3 Å². The molecule has 1 rings (SSSR count). The highest BCUT2D eigenvalue weighted by Gasteiger charge is 2.01. The van der Waals surface area contributed by atoms with E-state index >= 15 is 0 Å². The molecular weight excluding hydrogens is 182 g/mol. The molecule has 0 unspecified atom stereocenters. The number of thioether (sulfide) groups is 1. The molecule has 0 radical (unpaired) electrons. The van der Waals surface area contributed by atoms with Crippen molar-refractivity contribution in [3.8, 4) is 0 Å².